The number of esters is 1. The van der Waals surface area contributed by atoms with Crippen LogP contribution in [0.2, 0.25) is 18.1 Å². The van der Waals surface area contributed by atoms with E-state index in [1.54, 1.807) is 35.0 Å². The summed E-state index contributed by atoms with van der Waals surface area (Å²) in [6.45, 7) is 11.1. The molecule has 1 fully saturated rings. The molecule has 8 nitrogen and oxygen atoms in total. The zero-order valence-electron chi connectivity index (χ0n) is 18.4. The van der Waals surface area contributed by atoms with Crippen molar-refractivity contribution in [2.45, 2.75) is 63.4 Å². The number of nitrogens with zero attached hydrogens (tertiary/aromatic N) is 2. The van der Waals surface area contributed by atoms with Gasteiger partial charge in [-0.25, -0.2) is 4.79 Å². The number of carbonyl (C=O) groups is 1. The maximum absolute atomic E-state index is 12.8. The molecule has 0 unspecified atom stereocenters. The zero-order valence-corrected chi connectivity index (χ0v) is 19.4. The first-order chi connectivity index (χ1) is 14.6. The van der Waals surface area contributed by atoms with E-state index in [0.717, 1.165) is 0 Å². The number of fused-ring (bicyclic) bond motifs is 3. The van der Waals surface area contributed by atoms with Crippen molar-refractivity contribution in [1.82, 2.24) is 9.55 Å². The number of rotatable bonds is 5. The van der Waals surface area contributed by atoms with Gasteiger partial charge >= 0.3 is 12.0 Å². The number of hydrogen-bond donors (Lipinski definition) is 0. The lowest BCUT2D eigenvalue weighted by atomic mass is 10.1. The van der Waals surface area contributed by atoms with E-state index >= 15 is 0 Å². The highest BCUT2D eigenvalue weighted by Crippen LogP contribution is 2.42. The van der Waals surface area contributed by atoms with E-state index in [0.29, 0.717) is 5.56 Å². The van der Waals surface area contributed by atoms with Gasteiger partial charge in [0.15, 0.2) is 26.8 Å². The van der Waals surface area contributed by atoms with Crippen LogP contribution >= 0.6 is 0 Å². The third kappa shape index (κ3) is 4.17. The van der Waals surface area contributed by atoms with E-state index in [9.17, 15) is 9.59 Å². The molecule has 4 rings (SSSR count). The van der Waals surface area contributed by atoms with Crippen molar-refractivity contribution in [3.63, 3.8) is 0 Å². The van der Waals surface area contributed by atoms with Crippen LogP contribution in [0.3, 0.4) is 0 Å². The van der Waals surface area contributed by atoms with E-state index in [1.165, 1.54) is 6.07 Å². The summed E-state index contributed by atoms with van der Waals surface area (Å²) in [5.41, 5.74) is 0.0417. The van der Waals surface area contributed by atoms with Crippen molar-refractivity contribution in [1.29, 1.82) is 0 Å². The van der Waals surface area contributed by atoms with Gasteiger partial charge in [-0.15, -0.1) is 0 Å². The first kappa shape index (κ1) is 21.7. The maximum atomic E-state index is 12.8. The van der Waals surface area contributed by atoms with Gasteiger partial charge in [-0.05, 0) is 30.3 Å². The van der Waals surface area contributed by atoms with Crippen molar-refractivity contribution < 1.29 is 23.4 Å². The summed E-state index contributed by atoms with van der Waals surface area (Å²) in [6.07, 6.45) is -0.800. The van der Waals surface area contributed by atoms with E-state index in [4.69, 9.17) is 18.6 Å². The summed E-state index contributed by atoms with van der Waals surface area (Å²) in [7, 11) is -2.04. The third-order valence-electron chi connectivity index (χ3n) is 6.27. The quantitative estimate of drug-likeness (QED) is 0.396. The molecule has 0 radical (unpaired) electrons. The lowest BCUT2D eigenvalue weighted by Crippen LogP contribution is -2.46. The summed E-state index contributed by atoms with van der Waals surface area (Å²) in [5, 5.41) is 0.0317. The highest BCUT2D eigenvalue weighted by atomic mass is 28.4. The number of aromatic nitrogens is 2. The van der Waals surface area contributed by atoms with Crippen LogP contribution in [0.1, 0.15) is 37.4 Å². The first-order valence-corrected chi connectivity index (χ1v) is 13.3. The fourth-order valence-corrected chi connectivity index (χ4v) is 4.42. The van der Waals surface area contributed by atoms with Gasteiger partial charge in [0.2, 0.25) is 0 Å². The average Bonchev–Trinajstić information content (AvgIpc) is 3.22. The molecule has 0 aliphatic carbocycles. The third-order valence-corrected chi connectivity index (χ3v) is 10.8. The Kier molecular flexibility index (Phi) is 5.53. The SMILES string of the molecule is CC(C)(C)[Si](C)(C)OC[C@H]1O[C@@H]2[C@@H](Oc3nc(=O)ccn32)[C@@H]1[18O]C(=O)c1ccccc1. The highest BCUT2D eigenvalue weighted by Gasteiger charge is 2.54. The smallest absolute Gasteiger partial charge is 0.338 e. The van der Waals surface area contributed by atoms with Crippen molar-refractivity contribution in [3.05, 3.63) is 58.5 Å². The molecule has 0 amide bonds. The Bertz CT molecular complexity index is 1020. The molecule has 0 spiro atoms. The molecule has 0 bridgehead atoms. The van der Waals surface area contributed by atoms with Crippen LogP contribution in [0.15, 0.2) is 47.4 Å². The Morgan fingerprint density at radius 3 is 2.61 bits per heavy atom. The molecule has 31 heavy (non-hydrogen) atoms. The minimum absolute atomic E-state index is 0.0317. The predicted molar refractivity (Wildman–Crippen MR) is 116 cm³/mol. The first-order valence-electron chi connectivity index (χ1n) is 10.4. The molecule has 2 aliphatic rings. The van der Waals surface area contributed by atoms with Crippen LogP contribution in [0, 0.1) is 0 Å². The predicted octanol–water partition coefficient (Wildman–Crippen LogP) is 3.15. The molecule has 3 heterocycles. The fourth-order valence-electron chi connectivity index (χ4n) is 3.41. The molecule has 1 aromatic heterocycles. The number of carbonyl (C=O) groups excluding carboxylic acids is 1. The topological polar surface area (TPSA) is 88.9 Å². The second-order valence-electron chi connectivity index (χ2n) is 9.41. The van der Waals surface area contributed by atoms with Gasteiger partial charge in [0.05, 0.1) is 12.2 Å². The largest absolute Gasteiger partial charge is 0.452 e. The number of ether oxygens (including phenoxy) is 3. The molecule has 0 saturated carbocycles. The van der Waals surface area contributed by atoms with Gasteiger partial charge in [-0.3, -0.25) is 9.36 Å². The minimum Gasteiger partial charge on any atom is -0.452 e. The molecule has 9 heteroatoms. The molecule has 4 atom stereocenters. The van der Waals surface area contributed by atoms with Crippen molar-refractivity contribution in [2.24, 2.45) is 0 Å². The standard InChI is InChI=1S/C22H28N2O6Si/c1-22(2,3)31(4,5)27-13-15-17(29-20(26)14-9-7-6-8-10-14)18-19(28-15)24-12-11-16(25)23-21(24)30-18/h6-12,15,17-19H,13H2,1-5H3/t15-,17-,18+,19-/m1/s1/i29+2. The summed E-state index contributed by atoms with van der Waals surface area (Å²) in [6, 6.07) is 10.3. The molecule has 2 aromatic rings. The monoisotopic (exact) mass is 446 g/mol. The molecular formula is C22H28N2O6Si. The second-order valence-corrected chi connectivity index (χ2v) is 14.2. The Morgan fingerprint density at radius 1 is 1.23 bits per heavy atom. The lowest BCUT2D eigenvalue weighted by Gasteiger charge is -2.37. The van der Waals surface area contributed by atoms with Crippen LogP contribution in [-0.2, 0) is 13.9 Å². The average molecular weight is 447 g/mol. The van der Waals surface area contributed by atoms with Crippen LogP contribution in [0.4, 0.5) is 0 Å². The summed E-state index contributed by atoms with van der Waals surface area (Å²) in [4.78, 5) is 28.3. The summed E-state index contributed by atoms with van der Waals surface area (Å²) >= 11 is 0. The molecule has 1 saturated heterocycles. The van der Waals surface area contributed by atoms with Crippen LogP contribution in [0.5, 0.6) is 6.01 Å². The molecule has 166 valence electrons. The van der Waals surface area contributed by atoms with Crippen LogP contribution in [-0.4, -0.2) is 48.8 Å². The van der Waals surface area contributed by atoms with Gasteiger partial charge in [0.25, 0.3) is 5.56 Å². The Labute approximate surface area is 182 Å². The van der Waals surface area contributed by atoms with Crippen molar-refractivity contribution in [2.75, 3.05) is 6.61 Å². The van der Waals surface area contributed by atoms with Crippen molar-refractivity contribution >= 4 is 14.3 Å². The fraction of sp³-hybridized carbons (Fsp3) is 0.500. The van der Waals surface area contributed by atoms with E-state index < -0.39 is 44.4 Å². The van der Waals surface area contributed by atoms with Crippen LogP contribution in [0.25, 0.3) is 0 Å². The van der Waals surface area contributed by atoms with Gasteiger partial charge in [0.1, 0.15) is 6.10 Å². The van der Waals surface area contributed by atoms with E-state index in [2.05, 4.69) is 38.8 Å². The number of benzene rings is 1. The van der Waals surface area contributed by atoms with Crippen LogP contribution < -0.4 is 10.3 Å². The summed E-state index contributed by atoms with van der Waals surface area (Å²) < 4.78 is 26.0. The van der Waals surface area contributed by atoms with Gasteiger partial charge in [0, 0.05) is 12.3 Å². The molecule has 0 N–H and O–H groups in total. The number of hydrogen-bond acceptors (Lipinski definition) is 7. The van der Waals surface area contributed by atoms with E-state index in [-0.39, 0.29) is 17.7 Å². The maximum Gasteiger partial charge on any atom is 0.338 e. The van der Waals surface area contributed by atoms with Crippen molar-refractivity contribution in [3.8, 4) is 6.01 Å². The lowest BCUT2D eigenvalue weighted by molar-refractivity contribution is -0.0489. The minimum atomic E-state index is -2.04. The Balaban J connectivity index is 1.58. The zero-order chi connectivity index (χ0) is 22.4. The molecule has 1 aromatic carbocycles. The van der Waals surface area contributed by atoms with Gasteiger partial charge in [-0.1, -0.05) is 39.0 Å². The van der Waals surface area contributed by atoms with Gasteiger partial charge in [-0.2, -0.15) is 4.98 Å². The molecule has 2 aliphatic heterocycles. The van der Waals surface area contributed by atoms with E-state index in [1.807, 2.05) is 6.07 Å². The Morgan fingerprint density at radius 2 is 1.94 bits per heavy atom. The Hall–Kier alpha value is -2.49. The molecular weight excluding hydrogens is 418 g/mol. The highest BCUT2D eigenvalue weighted by molar-refractivity contribution is 6.74. The van der Waals surface area contributed by atoms with Gasteiger partial charge < -0.3 is 18.6 Å². The normalized spacial score (nSPS) is 24.9. The summed E-state index contributed by atoms with van der Waals surface area (Å²) in [5.74, 6) is -0.464. The second kappa shape index (κ2) is 7.89.